The van der Waals surface area contributed by atoms with Gasteiger partial charge in [0.2, 0.25) is 5.91 Å². The molecular formula is C30H26ClN3O. The summed E-state index contributed by atoms with van der Waals surface area (Å²) in [4.78, 5) is 17.8. The fourth-order valence-corrected chi connectivity index (χ4v) is 4.47. The quantitative estimate of drug-likeness (QED) is 0.270. The third-order valence-electron chi connectivity index (χ3n) is 6.21. The van der Waals surface area contributed by atoms with Crippen molar-refractivity contribution in [3.8, 4) is 22.4 Å². The van der Waals surface area contributed by atoms with Crippen LogP contribution in [0, 0.1) is 0 Å². The fourth-order valence-electron chi connectivity index (χ4n) is 4.34. The molecule has 2 heterocycles. The number of amides is 1. The first kappa shape index (κ1) is 22.9. The Morgan fingerprint density at radius 3 is 2.23 bits per heavy atom. The predicted octanol–water partition coefficient (Wildman–Crippen LogP) is 7.13. The van der Waals surface area contributed by atoms with E-state index in [2.05, 4.69) is 34.1 Å². The molecule has 0 radical (unpaired) electrons. The Kier molecular flexibility index (Phi) is 6.64. The molecule has 5 heteroatoms. The largest absolute Gasteiger partial charge is 0.350 e. The number of pyridine rings is 1. The monoisotopic (exact) mass is 479 g/mol. The Morgan fingerprint density at radius 1 is 0.857 bits per heavy atom. The van der Waals surface area contributed by atoms with E-state index in [0.29, 0.717) is 17.9 Å². The third kappa shape index (κ3) is 5.13. The summed E-state index contributed by atoms with van der Waals surface area (Å²) in [5.74, 6) is 0.0116. The fraction of sp³-hybridized carbons (Fsp3) is 0.133. The van der Waals surface area contributed by atoms with E-state index in [1.54, 1.807) is 0 Å². The molecule has 5 aromatic rings. The number of imidazole rings is 1. The van der Waals surface area contributed by atoms with Crippen LogP contribution in [0.2, 0.25) is 5.02 Å². The number of carbonyl (C=O) groups excluding carboxylic acids is 1. The van der Waals surface area contributed by atoms with Crippen LogP contribution in [0.4, 0.5) is 0 Å². The Hall–Kier alpha value is -3.89. The summed E-state index contributed by atoms with van der Waals surface area (Å²) in [5.41, 5.74) is 7.02. The van der Waals surface area contributed by atoms with Gasteiger partial charge in [0, 0.05) is 23.2 Å². The van der Waals surface area contributed by atoms with E-state index in [4.69, 9.17) is 16.6 Å². The van der Waals surface area contributed by atoms with E-state index in [-0.39, 0.29) is 11.9 Å². The molecule has 0 bridgehead atoms. The molecule has 5 rings (SSSR count). The van der Waals surface area contributed by atoms with Crippen molar-refractivity contribution < 1.29 is 4.79 Å². The topological polar surface area (TPSA) is 46.4 Å². The summed E-state index contributed by atoms with van der Waals surface area (Å²) in [6.45, 7) is 2.01. The first-order valence-electron chi connectivity index (χ1n) is 11.7. The van der Waals surface area contributed by atoms with Gasteiger partial charge in [-0.15, -0.1) is 0 Å². The van der Waals surface area contributed by atoms with E-state index in [1.807, 2.05) is 85.8 Å². The van der Waals surface area contributed by atoms with Crippen molar-refractivity contribution in [2.75, 3.05) is 0 Å². The van der Waals surface area contributed by atoms with Gasteiger partial charge < -0.3 is 9.72 Å². The van der Waals surface area contributed by atoms with Crippen LogP contribution in [-0.4, -0.2) is 15.3 Å². The van der Waals surface area contributed by atoms with Crippen LogP contribution in [-0.2, 0) is 11.2 Å². The molecule has 174 valence electrons. The SMILES string of the molecule is C[C@@H](NC(=O)CCc1c(-c2ccc(Cl)cc2)nc2ccc(-c3ccccc3)cn12)c1ccccc1. The van der Waals surface area contributed by atoms with Crippen molar-refractivity contribution >= 4 is 23.2 Å². The minimum absolute atomic E-state index is 0.0116. The molecule has 0 spiro atoms. The van der Waals surface area contributed by atoms with Gasteiger partial charge in [0.15, 0.2) is 0 Å². The molecule has 0 aliphatic rings. The average molecular weight is 480 g/mol. The van der Waals surface area contributed by atoms with Crippen LogP contribution >= 0.6 is 11.6 Å². The van der Waals surface area contributed by atoms with Gasteiger partial charge in [-0.05, 0) is 54.3 Å². The van der Waals surface area contributed by atoms with Crippen molar-refractivity contribution in [3.05, 3.63) is 120 Å². The second kappa shape index (κ2) is 10.2. The van der Waals surface area contributed by atoms with E-state index in [1.165, 1.54) is 0 Å². The highest BCUT2D eigenvalue weighted by Crippen LogP contribution is 2.29. The standard InChI is InChI=1S/C30H26ClN3O/c1-21(22-8-4-2-5-9-22)32-29(35)19-17-27-30(24-12-15-26(31)16-13-24)33-28-18-14-25(20-34(27)28)23-10-6-3-7-11-23/h2-16,18,20-21H,17,19H2,1H3,(H,32,35)/t21-/m1/s1. The zero-order valence-corrected chi connectivity index (χ0v) is 20.2. The summed E-state index contributed by atoms with van der Waals surface area (Å²) in [5, 5.41) is 3.80. The van der Waals surface area contributed by atoms with Crippen LogP contribution in [0.15, 0.2) is 103 Å². The summed E-state index contributed by atoms with van der Waals surface area (Å²) >= 11 is 6.13. The lowest BCUT2D eigenvalue weighted by Gasteiger charge is -2.14. The number of hydrogen-bond donors (Lipinski definition) is 1. The second-order valence-corrected chi connectivity index (χ2v) is 9.06. The van der Waals surface area contributed by atoms with E-state index < -0.39 is 0 Å². The number of halogens is 1. The predicted molar refractivity (Wildman–Crippen MR) is 142 cm³/mol. The summed E-state index contributed by atoms with van der Waals surface area (Å²) < 4.78 is 2.11. The number of nitrogens with zero attached hydrogens (tertiary/aromatic N) is 2. The molecule has 1 N–H and O–H groups in total. The van der Waals surface area contributed by atoms with Gasteiger partial charge in [0.1, 0.15) is 5.65 Å². The summed E-state index contributed by atoms with van der Waals surface area (Å²) in [6.07, 6.45) is 3.03. The summed E-state index contributed by atoms with van der Waals surface area (Å²) in [7, 11) is 0. The number of rotatable bonds is 7. The average Bonchev–Trinajstić information content (AvgIpc) is 3.26. The molecule has 1 amide bonds. The first-order valence-corrected chi connectivity index (χ1v) is 12.1. The molecule has 0 saturated heterocycles. The van der Waals surface area contributed by atoms with E-state index in [9.17, 15) is 4.79 Å². The number of aromatic nitrogens is 2. The van der Waals surface area contributed by atoms with E-state index >= 15 is 0 Å². The van der Waals surface area contributed by atoms with Gasteiger partial charge >= 0.3 is 0 Å². The minimum atomic E-state index is -0.0497. The molecule has 0 aliphatic heterocycles. The Morgan fingerprint density at radius 2 is 1.51 bits per heavy atom. The highest BCUT2D eigenvalue weighted by molar-refractivity contribution is 6.30. The maximum absolute atomic E-state index is 12.9. The third-order valence-corrected chi connectivity index (χ3v) is 6.46. The van der Waals surface area contributed by atoms with Gasteiger partial charge in [-0.2, -0.15) is 0 Å². The minimum Gasteiger partial charge on any atom is -0.350 e. The van der Waals surface area contributed by atoms with Crippen molar-refractivity contribution in [1.82, 2.24) is 14.7 Å². The molecule has 35 heavy (non-hydrogen) atoms. The zero-order chi connectivity index (χ0) is 24.2. The van der Waals surface area contributed by atoms with Crippen LogP contribution in [0.5, 0.6) is 0 Å². The van der Waals surface area contributed by atoms with Crippen molar-refractivity contribution in [2.45, 2.75) is 25.8 Å². The van der Waals surface area contributed by atoms with Crippen LogP contribution < -0.4 is 5.32 Å². The Bertz CT molecular complexity index is 1440. The van der Waals surface area contributed by atoms with E-state index in [0.717, 1.165) is 39.3 Å². The van der Waals surface area contributed by atoms with Crippen molar-refractivity contribution in [3.63, 3.8) is 0 Å². The van der Waals surface area contributed by atoms with Crippen LogP contribution in [0.3, 0.4) is 0 Å². The first-order chi connectivity index (χ1) is 17.1. The number of aryl methyl sites for hydroxylation is 1. The smallest absolute Gasteiger partial charge is 0.220 e. The normalized spacial score (nSPS) is 11.9. The molecule has 0 fully saturated rings. The lowest BCUT2D eigenvalue weighted by molar-refractivity contribution is -0.121. The van der Waals surface area contributed by atoms with Gasteiger partial charge in [0.25, 0.3) is 0 Å². The van der Waals surface area contributed by atoms with Crippen molar-refractivity contribution in [1.29, 1.82) is 0 Å². The lowest BCUT2D eigenvalue weighted by atomic mass is 10.1. The Balaban J connectivity index is 1.46. The number of nitrogens with one attached hydrogen (secondary N) is 1. The Labute approximate surface area is 210 Å². The number of fused-ring (bicyclic) bond motifs is 1. The molecular weight excluding hydrogens is 454 g/mol. The van der Waals surface area contributed by atoms with Gasteiger partial charge in [-0.1, -0.05) is 84.4 Å². The van der Waals surface area contributed by atoms with Gasteiger partial charge in [0.05, 0.1) is 17.4 Å². The van der Waals surface area contributed by atoms with Crippen LogP contribution in [0.25, 0.3) is 28.0 Å². The molecule has 2 aromatic heterocycles. The lowest BCUT2D eigenvalue weighted by Crippen LogP contribution is -2.26. The number of hydrogen-bond acceptors (Lipinski definition) is 2. The molecule has 4 nitrogen and oxygen atoms in total. The highest BCUT2D eigenvalue weighted by atomic mass is 35.5. The maximum atomic E-state index is 12.9. The second-order valence-electron chi connectivity index (χ2n) is 8.63. The highest BCUT2D eigenvalue weighted by Gasteiger charge is 2.17. The zero-order valence-electron chi connectivity index (χ0n) is 19.5. The molecule has 0 aliphatic carbocycles. The van der Waals surface area contributed by atoms with Crippen LogP contribution in [0.1, 0.15) is 30.6 Å². The van der Waals surface area contributed by atoms with Gasteiger partial charge in [-0.25, -0.2) is 4.98 Å². The van der Waals surface area contributed by atoms with Gasteiger partial charge in [-0.3, -0.25) is 4.79 Å². The molecule has 1 atom stereocenters. The molecule has 0 unspecified atom stereocenters. The number of carbonyl (C=O) groups is 1. The molecule has 3 aromatic carbocycles. The van der Waals surface area contributed by atoms with Crippen molar-refractivity contribution in [2.24, 2.45) is 0 Å². The summed E-state index contributed by atoms with van der Waals surface area (Å²) in [6, 6.07) is 32.0. The maximum Gasteiger partial charge on any atom is 0.220 e. The number of benzene rings is 3. The molecule has 0 saturated carbocycles.